The second-order valence-electron chi connectivity index (χ2n) is 6.74. The molecule has 10 heteroatoms. The number of rotatable bonds is 7. The molecule has 0 unspecified atom stereocenters. The SMILES string of the molecule is COc1ccc(NC(=O)c2nnc(CNS(=O)(=O)c3c(C)cc(C)cc3C)s2)cc1. The van der Waals surface area contributed by atoms with Gasteiger partial charge in [0.25, 0.3) is 5.91 Å². The van der Waals surface area contributed by atoms with E-state index in [4.69, 9.17) is 4.74 Å². The lowest BCUT2D eigenvalue weighted by molar-refractivity contribution is 0.102. The summed E-state index contributed by atoms with van der Waals surface area (Å²) in [5.41, 5.74) is 2.94. The molecule has 0 aliphatic rings. The van der Waals surface area contributed by atoms with Gasteiger partial charge in [-0.05, 0) is 56.2 Å². The molecule has 3 aromatic rings. The quantitative estimate of drug-likeness (QED) is 0.577. The molecule has 0 saturated heterocycles. The lowest BCUT2D eigenvalue weighted by Crippen LogP contribution is -2.25. The Hall–Kier alpha value is -2.82. The van der Waals surface area contributed by atoms with Crippen LogP contribution in [0, 0.1) is 20.8 Å². The molecule has 0 fully saturated rings. The highest BCUT2D eigenvalue weighted by atomic mass is 32.2. The minimum atomic E-state index is -3.73. The first-order chi connectivity index (χ1) is 14.2. The van der Waals surface area contributed by atoms with Gasteiger partial charge in [0.15, 0.2) is 0 Å². The lowest BCUT2D eigenvalue weighted by Gasteiger charge is -2.12. The van der Waals surface area contributed by atoms with Crippen LogP contribution < -0.4 is 14.8 Å². The first-order valence-corrected chi connectivity index (χ1v) is 11.3. The van der Waals surface area contributed by atoms with Crippen molar-refractivity contribution in [2.75, 3.05) is 12.4 Å². The number of amides is 1. The van der Waals surface area contributed by atoms with E-state index in [-0.39, 0.29) is 16.4 Å². The monoisotopic (exact) mass is 446 g/mol. The Morgan fingerprint density at radius 3 is 2.30 bits per heavy atom. The van der Waals surface area contributed by atoms with Crippen molar-refractivity contribution in [3.63, 3.8) is 0 Å². The molecule has 0 spiro atoms. The number of carbonyl (C=O) groups is 1. The minimum absolute atomic E-state index is 0.0530. The molecule has 0 saturated carbocycles. The molecule has 158 valence electrons. The number of hydrogen-bond donors (Lipinski definition) is 2. The molecule has 2 N–H and O–H groups in total. The minimum Gasteiger partial charge on any atom is -0.497 e. The highest BCUT2D eigenvalue weighted by molar-refractivity contribution is 7.89. The fraction of sp³-hybridized carbons (Fsp3) is 0.250. The van der Waals surface area contributed by atoms with E-state index in [1.165, 1.54) is 0 Å². The second-order valence-corrected chi connectivity index (χ2v) is 9.50. The van der Waals surface area contributed by atoms with Crippen molar-refractivity contribution in [2.24, 2.45) is 0 Å². The zero-order chi connectivity index (χ0) is 21.9. The molecule has 8 nitrogen and oxygen atoms in total. The van der Waals surface area contributed by atoms with Gasteiger partial charge >= 0.3 is 0 Å². The standard InChI is InChI=1S/C20H22N4O4S2/c1-12-9-13(2)18(14(3)10-12)30(26,27)21-11-17-23-24-20(29-17)19(25)22-15-5-7-16(28-4)8-6-15/h5-10,21H,11H2,1-4H3,(H,22,25). The van der Waals surface area contributed by atoms with Gasteiger partial charge in [0, 0.05) is 5.69 Å². The predicted molar refractivity (Wildman–Crippen MR) is 116 cm³/mol. The van der Waals surface area contributed by atoms with Crippen LogP contribution in [0.2, 0.25) is 0 Å². The molecule has 0 radical (unpaired) electrons. The summed E-state index contributed by atoms with van der Waals surface area (Å²) in [6.07, 6.45) is 0. The van der Waals surface area contributed by atoms with Crippen LogP contribution in [0.15, 0.2) is 41.3 Å². The van der Waals surface area contributed by atoms with Crippen molar-refractivity contribution < 1.29 is 17.9 Å². The zero-order valence-corrected chi connectivity index (χ0v) is 18.6. The first-order valence-electron chi connectivity index (χ1n) is 9.05. The molecule has 0 atom stereocenters. The van der Waals surface area contributed by atoms with E-state index in [0.717, 1.165) is 16.9 Å². The Kier molecular flexibility index (Phi) is 6.49. The van der Waals surface area contributed by atoms with Gasteiger partial charge in [0.1, 0.15) is 10.8 Å². The van der Waals surface area contributed by atoms with Crippen LogP contribution in [0.5, 0.6) is 5.75 Å². The number of aryl methyl sites for hydroxylation is 3. The largest absolute Gasteiger partial charge is 0.497 e. The third kappa shape index (κ3) is 5.02. The maximum atomic E-state index is 12.7. The zero-order valence-electron chi connectivity index (χ0n) is 17.0. The molecule has 0 bridgehead atoms. The summed E-state index contributed by atoms with van der Waals surface area (Å²) in [5, 5.41) is 11.0. The smallest absolute Gasteiger partial charge is 0.286 e. The average Bonchev–Trinajstić information content (AvgIpc) is 3.15. The van der Waals surface area contributed by atoms with Gasteiger partial charge < -0.3 is 10.1 Å². The summed E-state index contributed by atoms with van der Waals surface area (Å²) >= 11 is 1.03. The summed E-state index contributed by atoms with van der Waals surface area (Å²) in [4.78, 5) is 12.6. The maximum absolute atomic E-state index is 12.7. The van der Waals surface area contributed by atoms with Gasteiger partial charge in [0.05, 0.1) is 18.6 Å². The van der Waals surface area contributed by atoms with E-state index in [2.05, 4.69) is 20.2 Å². The summed E-state index contributed by atoms with van der Waals surface area (Å²) in [6, 6.07) is 10.5. The van der Waals surface area contributed by atoms with Crippen molar-refractivity contribution in [1.82, 2.24) is 14.9 Å². The Morgan fingerprint density at radius 1 is 1.07 bits per heavy atom. The molecule has 1 amide bonds. The van der Waals surface area contributed by atoms with Crippen molar-refractivity contribution in [2.45, 2.75) is 32.2 Å². The second kappa shape index (κ2) is 8.90. The van der Waals surface area contributed by atoms with Gasteiger partial charge in [0.2, 0.25) is 15.0 Å². The van der Waals surface area contributed by atoms with Crippen LogP contribution in [-0.4, -0.2) is 31.6 Å². The number of nitrogens with one attached hydrogen (secondary N) is 2. The third-order valence-electron chi connectivity index (χ3n) is 4.30. The van der Waals surface area contributed by atoms with Gasteiger partial charge in [-0.15, -0.1) is 10.2 Å². The summed E-state index contributed by atoms with van der Waals surface area (Å²) < 4.78 is 33.1. The number of ether oxygens (including phenoxy) is 1. The Labute approximate surface area is 179 Å². The summed E-state index contributed by atoms with van der Waals surface area (Å²) in [5.74, 6) is 0.259. The van der Waals surface area contributed by atoms with Crippen molar-refractivity contribution in [3.05, 3.63) is 63.1 Å². The van der Waals surface area contributed by atoms with Gasteiger partial charge in [-0.25, -0.2) is 13.1 Å². The van der Waals surface area contributed by atoms with E-state index in [1.54, 1.807) is 45.2 Å². The number of nitrogens with zero attached hydrogens (tertiary/aromatic N) is 2. The molecule has 2 aromatic carbocycles. The van der Waals surface area contributed by atoms with E-state index >= 15 is 0 Å². The normalized spacial score (nSPS) is 11.3. The Morgan fingerprint density at radius 2 is 1.70 bits per heavy atom. The van der Waals surface area contributed by atoms with Gasteiger partial charge in [-0.3, -0.25) is 4.79 Å². The predicted octanol–water partition coefficient (Wildman–Crippen LogP) is 3.20. The number of aromatic nitrogens is 2. The summed E-state index contributed by atoms with van der Waals surface area (Å²) in [7, 11) is -2.16. The topological polar surface area (TPSA) is 110 Å². The highest BCUT2D eigenvalue weighted by Gasteiger charge is 2.21. The van der Waals surface area contributed by atoms with Crippen LogP contribution in [-0.2, 0) is 16.6 Å². The molecule has 0 aliphatic heterocycles. The van der Waals surface area contributed by atoms with Gasteiger partial charge in [-0.2, -0.15) is 0 Å². The molecule has 3 rings (SSSR count). The Bertz CT molecular complexity index is 1150. The molecular formula is C20H22N4O4S2. The van der Waals surface area contributed by atoms with Crippen molar-refractivity contribution in [1.29, 1.82) is 0 Å². The molecule has 30 heavy (non-hydrogen) atoms. The third-order valence-corrected chi connectivity index (χ3v) is 6.92. The molecule has 1 aromatic heterocycles. The fourth-order valence-electron chi connectivity index (χ4n) is 3.10. The number of benzene rings is 2. The molecule has 0 aliphatic carbocycles. The van der Waals surface area contributed by atoms with Crippen molar-refractivity contribution >= 4 is 33.0 Å². The number of anilines is 1. The number of hydrogen-bond acceptors (Lipinski definition) is 7. The van der Waals surface area contributed by atoms with Crippen molar-refractivity contribution in [3.8, 4) is 5.75 Å². The van der Waals surface area contributed by atoms with E-state index in [1.807, 2.05) is 19.1 Å². The maximum Gasteiger partial charge on any atom is 0.286 e. The van der Waals surface area contributed by atoms with Gasteiger partial charge in [-0.1, -0.05) is 29.0 Å². The number of sulfonamides is 1. The van der Waals surface area contributed by atoms with Crippen LogP contribution in [0.25, 0.3) is 0 Å². The average molecular weight is 447 g/mol. The van der Waals surface area contributed by atoms with E-state index < -0.39 is 15.9 Å². The highest BCUT2D eigenvalue weighted by Crippen LogP contribution is 2.22. The van der Waals surface area contributed by atoms with Crippen LogP contribution >= 0.6 is 11.3 Å². The summed E-state index contributed by atoms with van der Waals surface area (Å²) in [6.45, 7) is 5.40. The lowest BCUT2D eigenvalue weighted by atomic mass is 10.1. The molecule has 1 heterocycles. The van der Waals surface area contributed by atoms with Crippen LogP contribution in [0.3, 0.4) is 0 Å². The number of methoxy groups -OCH3 is 1. The number of carbonyl (C=O) groups excluding carboxylic acids is 1. The fourth-order valence-corrected chi connectivity index (χ4v) is 5.30. The Balaban J connectivity index is 1.67. The van der Waals surface area contributed by atoms with Crippen LogP contribution in [0.1, 0.15) is 31.5 Å². The molecular weight excluding hydrogens is 424 g/mol. The van der Waals surface area contributed by atoms with E-state index in [9.17, 15) is 13.2 Å². The van der Waals surface area contributed by atoms with E-state index in [0.29, 0.717) is 27.6 Å². The first kappa shape index (κ1) is 21.9. The van der Waals surface area contributed by atoms with Crippen LogP contribution in [0.4, 0.5) is 5.69 Å².